The molecule has 0 aromatic heterocycles. The molecule has 1 heterocycles. The lowest BCUT2D eigenvalue weighted by atomic mass is 10.0. The van der Waals surface area contributed by atoms with Crippen molar-refractivity contribution < 1.29 is 13.2 Å². The van der Waals surface area contributed by atoms with Gasteiger partial charge in [0.1, 0.15) is 0 Å². The fourth-order valence-electron chi connectivity index (χ4n) is 3.30. The predicted octanol–water partition coefficient (Wildman–Crippen LogP) is 1.49. The first-order valence-electron chi connectivity index (χ1n) is 7.16. The molecule has 18 heavy (non-hydrogen) atoms. The second-order valence-electron chi connectivity index (χ2n) is 5.57. The second-order valence-corrected chi connectivity index (χ2v) is 8.02. The maximum atomic E-state index is 12.8. The lowest BCUT2D eigenvalue weighted by molar-refractivity contribution is 0.0980. The summed E-state index contributed by atoms with van der Waals surface area (Å²) in [7, 11) is -3.03. The van der Waals surface area contributed by atoms with Crippen LogP contribution < -0.4 is 5.73 Å². The predicted molar refractivity (Wildman–Crippen MR) is 72.2 cm³/mol. The highest BCUT2D eigenvalue weighted by Crippen LogP contribution is 2.32. The number of hydrogen-bond donors (Lipinski definition) is 1. The van der Waals surface area contributed by atoms with E-state index >= 15 is 0 Å². The molecule has 2 rings (SSSR count). The summed E-state index contributed by atoms with van der Waals surface area (Å²) in [6, 6.07) is 0. The van der Waals surface area contributed by atoms with E-state index in [4.69, 9.17) is 10.5 Å². The van der Waals surface area contributed by atoms with Crippen LogP contribution in [0.25, 0.3) is 0 Å². The van der Waals surface area contributed by atoms with Crippen LogP contribution in [0.3, 0.4) is 0 Å². The molecule has 0 spiro atoms. The van der Waals surface area contributed by atoms with E-state index < -0.39 is 9.84 Å². The fourth-order valence-corrected chi connectivity index (χ4v) is 5.93. The highest BCUT2D eigenvalue weighted by Gasteiger charge is 2.39. The van der Waals surface area contributed by atoms with E-state index in [2.05, 4.69) is 0 Å². The van der Waals surface area contributed by atoms with Crippen LogP contribution in [0.2, 0.25) is 0 Å². The van der Waals surface area contributed by atoms with Crippen LogP contribution in [0.1, 0.15) is 44.9 Å². The zero-order chi connectivity index (χ0) is 13.0. The van der Waals surface area contributed by atoms with Crippen molar-refractivity contribution in [1.29, 1.82) is 0 Å². The highest BCUT2D eigenvalue weighted by atomic mass is 32.2. The van der Waals surface area contributed by atoms with E-state index in [-0.39, 0.29) is 16.4 Å². The molecule has 106 valence electrons. The van der Waals surface area contributed by atoms with Crippen molar-refractivity contribution in [3.63, 3.8) is 0 Å². The van der Waals surface area contributed by atoms with Gasteiger partial charge in [-0.05, 0) is 38.1 Å². The third kappa shape index (κ3) is 3.06. The number of ether oxygens (including phenoxy) is 1. The van der Waals surface area contributed by atoms with E-state index in [1.54, 1.807) is 0 Å². The lowest BCUT2D eigenvalue weighted by Gasteiger charge is -2.30. The Hall–Kier alpha value is -0.130. The Labute approximate surface area is 110 Å². The summed E-state index contributed by atoms with van der Waals surface area (Å²) >= 11 is 0. The third-order valence-electron chi connectivity index (χ3n) is 4.45. The Morgan fingerprint density at radius 2 is 1.67 bits per heavy atom. The number of sulfone groups is 1. The van der Waals surface area contributed by atoms with Crippen LogP contribution in [0.15, 0.2) is 0 Å². The van der Waals surface area contributed by atoms with E-state index in [9.17, 15) is 8.42 Å². The summed E-state index contributed by atoms with van der Waals surface area (Å²) < 4.78 is 30.8. The third-order valence-corrected chi connectivity index (χ3v) is 7.31. The Bertz CT molecular complexity index is 349. The van der Waals surface area contributed by atoms with Crippen molar-refractivity contribution >= 4 is 9.84 Å². The van der Waals surface area contributed by atoms with Gasteiger partial charge in [-0.3, -0.25) is 0 Å². The Kier molecular flexibility index (Phi) is 5.04. The summed E-state index contributed by atoms with van der Waals surface area (Å²) in [5.41, 5.74) is 5.80. The minimum atomic E-state index is -3.03. The number of nitrogens with two attached hydrogens (primary N) is 1. The maximum absolute atomic E-state index is 12.8. The van der Waals surface area contributed by atoms with Crippen LogP contribution in [0.4, 0.5) is 0 Å². The first-order valence-corrected chi connectivity index (χ1v) is 8.77. The van der Waals surface area contributed by atoms with Crippen molar-refractivity contribution in [1.82, 2.24) is 0 Å². The molecule has 1 saturated carbocycles. The largest absolute Gasteiger partial charge is 0.381 e. The zero-order valence-corrected chi connectivity index (χ0v) is 11.8. The molecule has 2 fully saturated rings. The topological polar surface area (TPSA) is 69.4 Å². The van der Waals surface area contributed by atoms with Gasteiger partial charge in [0.05, 0.1) is 10.5 Å². The van der Waals surface area contributed by atoms with Gasteiger partial charge in [0.2, 0.25) is 0 Å². The SMILES string of the molecule is NCC1CCCCCC1S(=O)(=O)C1CCOCC1. The molecular formula is C13H25NO3S. The molecule has 2 atom stereocenters. The molecular weight excluding hydrogens is 250 g/mol. The average Bonchev–Trinajstić information content (AvgIpc) is 2.65. The lowest BCUT2D eigenvalue weighted by Crippen LogP contribution is -2.41. The molecule has 2 aliphatic rings. The summed E-state index contributed by atoms with van der Waals surface area (Å²) in [6.07, 6.45) is 6.42. The monoisotopic (exact) mass is 275 g/mol. The van der Waals surface area contributed by atoms with Crippen molar-refractivity contribution in [2.75, 3.05) is 19.8 Å². The van der Waals surface area contributed by atoms with Gasteiger partial charge in [0.25, 0.3) is 0 Å². The molecule has 1 aliphatic carbocycles. The molecule has 5 heteroatoms. The van der Waals surface area contributed by atoms with E-state index in [1.807, 2.05) is 0 Å². The molecule has 0 aromatic carbocycles. The molecule has 0 bridgehead atoms. The van der Waals surface area contributed by atoms with Crippen molar-refractivity contribution in [2.45, 2.75) is 55.4 Å². The molecule has 4 nitrogen and oxygen atoms in total. The van der Waals surface area contributed by atoms with Gasteiger partial charge in [0, 0.05) is 13.2 Å². The Balaban J connectivity index is 2.14. The molecule has 2 N–H and O–H groups in total. The van der Waals surface area contributed by atoms with Gasteiger partial charge in [-0.1, -0.05) is 19.3 Å². The van der Waals surface area contributed by atoms with Gasteiger partial charge in [-0.15, -0.1) is 0 Å². The highest BCUT2D eigenvalue weighted by molar-refractivity contribution is 7.92. The summed E-state index contributed by atoms with van der Waals surface area (Å²) in [4.78, 5) is 0. The van der Waals surface area contributed by atoms with Crippen molar-refractivity contribution in [2.24, 2.45) is 11.7 Å². The summed E-state index contributed by atoms with van der Waals surface area (Å²) in [6.45, 7) is 1.68. The summed E-state index contributed by atoms with van der Waals surface area (Å²) in [5, 5.41) is -0.392. The molecule has 1 aliphatic heterocycles. The standard InChI is InChI=1S/C13H25NO3S/c14-10-11-4-2-1-3-5-13(11)18(15,16)12-6-8-17-9-7-12/h11-13H,1-10,14H2. The first-order chi connectivity index (χ1) is 8.66. The Morgan fingerprint density at radius 1 is 1.00 bits per heavy atom. The molecule has 0 radical (unpaired) electrons. The van der Waals surface area contributed by atoms with E-state index in [1.165, 1.54) is 0 Å². The average molecular weight is 275 g/mol. The van der Waals surface area contributed by atoms with Crippen LogP contribution in [0, 0.1) is 5.92 Å². The minimum Gasteiger partial charge on any atom is -0.381 e. The molecule has 1 saturated heterocycles. The van der Waals surface area contributed by atoms with E-state index in [0.29, 0.717) is 32.6 Å². The van der Waals surface area contributed by atoms with Crippen LogP contribution in [-0.4, -0.2) is 38.7 Å². The maximum Gasteiger partial charge on any atom is 0.156 e. The minimum absolute atomic E-state index is 0.167. The first kappa shape index (κ1) is 14.3. The molecule has 2 unspecified atom stereocenters. The normalized spacial score (nSPS) is 32.1. The van der Waals surface area contributed by atoms with Gasteiger partial charge in [-0.25, -0.2) is 8.42 Å². The number of rotatable bonds is 3. The van der Waals surface area contributed by atoms with Crippen LogP contribution in [0.5, 0.6) is 0 Å². The van der Waals surface area contributed by atoms with Gasteiger partial charge < -0.3 is 10.5 Å². The Morgan fingerprint density at radius 3 is 2.33 bits per heavy atom. The molecule has 0 amide bonds. The number of hydrogen-bond acceptors (Lipinski definition) is 4. The van der Waals surface area contributed by atoms with Crippen LogP contribution in [-0.2, 0) is 14.6 Å². The quantitative estimate of drug-likeness (QED) is 0.792. The molecule has 0 aromatic rings. The summed E-state index contributed by atoms with van der Waals surface area (Å²) in [5.74, 6) is 0.167. The smallest absolute Gasteiger partial charge is 0.156 e. The van der Waals surface area contributed by atoms with Crippen molar-refractivity contribution in [3.8, 4) is 0 Å². The van der Waals surface area contributed by atoms with Crippen molar-refractivity contribution in [3.05, 3.63) is 0 Å². The zero-order valence-electron chi connectivity index (χ0n) is 11.0. The van der Waals surface area contributed by atoms with Gasteiger partial charge in [0.15, 0.2) is 9.84 Å². The van der Waals surface area contributed by atoms with E-state index in [0.717, 1.165) is 32.1 Å². The van der Waals surface area contributed by atoms with Gasteiger partial charge >= 0.3 is 0 Å². The van der Waals surface area contributed by atoms with Crippen LogP contribution >= 0.6 is 0 Å². The second kappa shape index (κ2) is 6.35. The fraction of sp³-hybridized carbons (Fsp3) is 1.00. The van der Waals surface area contributed by atoms with Gasteiger partial charge in [-0.2, -0.15) is 0 Å².